The summed E-state index contributed by atoms with van der Waals surface area (Å²) in [6, 6.07) is 0. The summed E-state index contributed by atoms with van der Waals surface area (Å²) in [5.74, 6) is -2.70. The van der Waals surface area contributed by atoms with E-state index >= 15 is 0 Å². The molecule has 0 radical (unpaired) electrons. The van der Waals surface area contributed by atoms with Gasteiger partial charge in [0.25, 0.3) is 0 Å². The van der Waals surface area contributed by atoms with Gasteiger partial charge in [-0.1, -0.05) is 20.3 Å². The number of hydrogen-bond donors (Lipinski definition) is 1. The summed E-state index contributed by atoms with van der Waals surface area (Å²) in [7, 11) is 2.92. The van der Waals surface area contributed by atoms with Crippen LogP contribution >= 0.6 is 0 Å². The van der Waals surface area contributed by atoms with Gasteiger partial charge in [-0.15, -0.1) is 0 Å². The van der Waals surface area contributed by atoms with Crippen LogP contribution in [-0.2, 0) is 19.1 Å². The summed E-state index contributed by atoms with van der Waals surface area (Å²) in [5.41, 5.74) is 0. The fraction of sp³-hybridized carbons (Fsp3) is 0.800. The van der Waals surface area contributed by atoms with E-state index in [1.165, 1.54) is 12.0 Å². The Morgan fingerprint density at radius 1 is 1.29 bits per heavy atom. The number of amides is 1. The molecule has 1 aliphatic rings. The molecule has 0 aliphatic heterocycles. The maximum absolute atomic E-state index is 12.5. The van der Waals surface area contributed by atoms with Crippen LogP contribution in [0.1, 0.15) is 33.1 Å². The number of methoxy groups -OCH3 is 1. The zero-order chi connectivity index (χ0) is 16.2. The molecule has 1 amide bonds. The predicted molar refractivity (Wildman–Crippen MR) is 76.4 cm³/mol. The van der Waals surface area contributed by atoms with Crippen molar-refractivity contribution in [2.45, 2.75) is 33.1 Å². The molecule has 0 spiro atoms. The Hall–Kier alpha value is -1.59. The number of rotatable bonds is 6. The van der Waals surface area contributed by atoms with Gasteiger partial charge in [0, 0.05) is 13.6 Å². The molecule has 1 rings (SSSR count). The van der Waals surface area contributed by atoms with E-state index in [0.717, 1.165) is 6.42 Å². The smallest absolute Gasteiger partial charge is 0.310 e. The van der Waals surface area contributed by atoms with Crippen LogP contribution in [0, 0.1) is 23.7 Å². The van der Waals surface area contributed by atoms with Crippen LogP contribution in [-0.4, -0.2) is 48.6 Å². The molecular weight excluding hydrogens is 274 g/mol. The lowest BCUT2D eigenvalue weighted by Crippen LogP contribution is -2.40. The Morgan fingerprint density at radius 2 is 1.86 bits per heavy atom. The van der Waals surface area contributed by atoms with E-state index in [1.54, 1.807) is 14.0 Å². The van der Waals surface area contributed by atoms with Gasteiger partial charge in [-0.3, -0.25) is 14.4 Å². The fourth-order valence-corrected chi connectivity index (χ4v) is 3.08. The highest BCUT2D eigenvalue weighted by atomic mass is 16.5. The molecule has 0 bridgehead atoms. The van der Waals surface area contributed by atoms with Crippen LogP contribution in [0.25, 0.3) is 0 Å². The third-order valence-electron chi connectivity index (χ3n) is 4.40. The lowest BCUT2D eigenvalue weighted by Gasteiger charge is -2.25. The van der Waals surface area contributed by atoms with Gasteiger partial charge in [0.15, 0.2) is 0 Å². The fourth-order valence-electron chi connectivity index (χ4n) is 3.08. The topological polar surface area (TPSA) is 83.9 Å². The molecule has 4 atom stereocenters. The number of carbonyl (C=O) groups excluding carboxylic acids is 2. The first-order valence-corrected chi connectivity index (χ1v) is 7.37. The van der Waals surface area contributed by atoms with Crippen molar-refractivity contribution in [1.29, 1.82) is 0 Å². The monoisotopic (exact) mass is 299 g/mol. The first kappa shape index (κ1) is 17.5. The maximum atomic E-state index is 12.5. The van der Waals surface area contributed by atoms with Crippen molar-refractivity contribution in [2.24, 2.45) is 23.7 Å². The summed E-state index contributed by atoms with van der Waals surface area (Å²) in [5, 5.41) is 9.29. The van der Waals surface area contributed by atoms with Gasteiger partial charge in [0.05, 0.1) is 24.9 Å². The number of nitrogens with zero attached hydrogens (tertiary/aromatic N) is 1. The Balaban J connectivity index is 2.72. The van der Waals surface area contributed by atoms with Crippen LogP contribution in [0.15, 0.2) is 0 Å². The van der Waals surface area contributed by atoms with Crippen LogP contribution in [0.2, 0.25) is 0 Å². The van der Waals surface area contributed by atoms with Crippen molar-refractivity contribution in [3.8, 4) is 0 Å². The standard InChI is InChI=1S/C15H25NO5/c1-5-10-6-11(12(7-10)14(18)19)13(17)16(3)8-9(2)15(20)21-4/h9-12H,5-8H2,1-4H3,(H,18,19). The second-order valence-corrected chi connectivity index (χ2v) is 5.94. The second-order valence-electron chi connectivity index (χ2n) is 5.94. The van der Waals surface area contributed by atoms with E-state index in [-0.39, 0.29) is 24.3 Å². The number of ether oxygens (including phenoxy) is 1. The first-order valence-electron chi connectivity index (χ1n) is 7.37. The predicted octanol–water partition coefficient (Wildman–Crippen LogP) is 1.39. The largest absolute Gasteiger partial charge is 0.481 e. The lowest BCUT2D eigenvalue weighted by atomic mass is 9.94. The van der Waals surface area contributed by atoms with Gasteiger partial charge in [-0.2, -0.15) is 0 Å². The Bertz CT molecular complexity index is 409. The third kappa shape index (κ3) is 4.19. The third-order valence-corrected chi connectivity index (χ3v) is 4.40. The number of hydrogen-bond acceptors (Lipinski definition) is 4. The van der Waals surface area contributed by atoms with Crippen molar-refractivity contribution in [3.63, 3.8) is 0 Å². The summed E-state index contributed by atoms with van der Waals surface area (Å²) >= 11 is 0. The minimum Gasteiger partial charge on any atom is -0.481 e. The average Bonchev–Trinajstić information content (AvgIpc) is 2.89. The van der Waals surface area contributed by atoms with E-state index in [0.29, 0.717) is 12.8 Å². The van der Waals surface area contributed by atoms with Crippen LogP contribution in [0.4, 0.5) is 0 Å². The highest BCUT2D eigenvalue weighted by Gasteiger charge is 2.43. The summed E-state index contributed by atoms with van der Waals surface area (Å²) in [6.07, 6.45) is 2.06. The Labute approximate surface area is 125 Å². The average molecular weight is 299 g/mol. The van der Waals surface area contributed by atoms with E-state index < -0.39 is 23.7 Å². The van der Waals surface area contributed by atoms with E-state index in [4.69, 9.17) is 0 Å². The number of carboxylic acids is 1. The van der Waals surface area contributed by atoms with E-state index in [9.17, 15) is 19.5 Å². The van der Waals surface area contributed by atoms with Crippen molar-refractivity contribution in [2.75, 3.05) is 20.7 Å². The van der Waals surface area contributed by atoms with Gasteiger partial charge in [-0.25, -0.2) is 0 Å². The molecule has 0 saturated heterocycles. The van der Waals surface area contributed by atoms with Crippen LogP contribution < -0.4 is 0 Å². The molecule has 0 aromatic heterocycles. The molecule has 1 N–H and O–H groups in total. The van der Waals surface area contributed by atoms with Gasteiger partial charge in [0.1, 0.15) is 0 Å². The van der Waals surface area contributed by atoms with E-state index in [1.807, 2.05) is 6.92 Å². The van der Waals surface area contributed by atoms with Gasteiger partial charge in [-0.05, 0) is 18.8 Å². The maximum Gasteiger partial charge on any atom is 0.310 e. The first-order chi connectivity index (χ1) is 9.81. The Kier molecular flexibility index (Phi) is 6.18. The van der Waals surface area contributed by atoms with Gasteiger partial charge < -0.3 is 14.7 Å². The molecule has 21 heavy (non-hydrogen) atoms. The normalized spacial score (nSPS) is 26.2. The zero-order valence-corrected chi connectivity index (χ0v) is 13.2. The van der Waals surface area contributed by atoms with Gasteiger partial charge in [0.2, 0.25) is 5.91 Å². The van der Waals surface area contributed by atoms with Crippen LogP contribution in [0.3, 0.4) is 0 Å². The van der Waals surface area contributed by atoms with E-state index in [2.05, 4.69) is 4.74 Å². The number of aliphatic carboxylic acids is 1. The molecule has 1 saturated carbocycles. The van der Waals surface area contributed by atoms with Gasteiger partial charge >= 0.3 is 11.9 Å². The van der Waals surface area contributed by atoms with Crippen molar-refractivity contribution in [3.05, 3.63) is 0 Å². The SMILES string of the molecule is CCC1CC(C(=O)O)C(C(=O)N(C)CC(C)C(=O)OC)C1. The summed E-state index contributed by atoms with van der Waals surface area (Å²) in [6.45, 7) is 3.94. The molecule has 1 aliphatic carbocycles. The minimum atomic E-state index is -0.904. The highest BCUT2D eigenvalue weighted by Crippen LogP contribution is 2.39. The quantitative estimate of drug-likeness (QED) is 0.749. The molecular formula is C15H25NO5. The van der Waals surface area contributed by atoms with Crippen molar-refractivity contribution < 1.29 is 24.2 Å². The highest BCUT2D eigenvalue weighted by molar-refractivity contribution is 5.85. The molecule has 0 aromatic rings. The zero-order valence-electron chi connectivity index (χ0n) is 13.2. The minimum absolute atomic E-state index is 0.186. The number of esters is 1. The summed E-state index contributed by atoms with van der Waals surface area (Å²) < 4.78 is 4.64. The van der Waals surface area contributed by atoms with Crippen molar-refractivity contribution >= 4 is 17.8 Å². The molecule has 4 unspecified atom stereocenters. The molecule has 0 aromatic carbocycles. The summed E-state index contributed by atoms with van der Waals surface area (Å²) in [4.78, 5) is 36.7. The molecule has 6 heteroatoms. The number of carboxylic acid groups (broad SMARTS) is 1. The number of carbonyl (C=O) groups is 3. The molecule has 120 valence electrons. The second kappa shape index (κ2) is 7.43. The van der Waals surface area contributed by atoms with Crippen molar-refractivity contribution in [1.82, 2.24) is 4.90 Å². The molecule has 1 fully saturated rings. The molecule has 0 heterocycles. The lowest BCUT2D eigenvalue weighted by molar-refractivity contribution is -0.150. The molecule has 6 nitrogen and oxygen atoms in total. The van der Waals surface area contributed by atoms with Crippen LogP contribution in [0.5, 0.6) is 0 Å². The Morgan fingerprint density at radius 3 is 2.33 bits per heavy atom.